The predicted molar refractivity (Wildman–Crippen MR) is 51.8 cm³/mol. The van der Waals surface area contributed by atoms with Gasteiger partial charge in [0.05, 0.1) is 0 Å². The molecule has 66 valence electrons. The second-order valence-electron chi connectivity index (χ2n) is 2.18. The van der Waals surface area contributed by atoms with E-state index in [1.54, 1.807) is 18.2 Å². The molecule has 0 aromatic heterocycles. The molecule has 12 heavy (non-hydrogen) atoms. The highest BCUT2D eigenvalue weighted by Crippen LogP contribution is 2.21. The summed E-state index contributed by atoms with van der Waals surface area (Å²) in [4.78, 5) is 0. The molecule has 0 spiro atoms. The standard InChI is InChI=1S/C7H6BrClO2S/c8-6-1-2-7(9)5(3-6)4-12(10)11/h1-3H,4H2,(H,10,11)/p-1. The first-order valence-corrected chi connectivity index (χ1v) is 5.51. The van der Waals surface area contributed by atoms with E-state index in [9.17, 15) is 8.76 Å². The van der Waals surface area contributed by atoms with Gasteiger partial charge < -0.3 is 4.55 Å². The van der Waals surface area contributed by atoms with Crippen molar-refractivity contribution in [1.29, 1.82) is 0 Å². The maximum atomic E-state index is 10.4. The summed E-state index contributed by atoms with van der Waals surface area (Å²) in [6.45, 7) is 0. The van der Waals surface area contributed by atoms with Crippen LogP contribution < -0.4 is 0 Å². The first-order chi connectivity index (χ1) is 5.59. The summed E-state index contributed by atoms with van der Waals surface area (Å²) in [7, 11) is 0. The molecule has 0 aliphatic heterocycles. The van der Waals surface area contributed by atoms with Crippen LogP contribution in [0.25, 0.3) is 0 Å². The molecule has 1 aromatic carbocycles. The quantitative estimate of drug-likeness (QED) is 0.773. The van der Waals surface area contributed by atoms with Gasteiger partial charge in [0.1, 0.15) is 0 Å². The van der Waals surface area contributed by atoms with Gasteiger partial charge in [-0.15, -0.1) is 0 Å². The Hall–Kier alpha value is 0.1000. The van der Waals surface area contributed by atoms with Crippen LogP contribution in [0, 0.1) is 0 Å². The van der Waals surface area contributed by atoms with Crippen molar-refractivity contribution < 1.29 is 8.76 Å². The smallest absolute Gasteiger partial charge is 0.0447 e. The zero-order valence-electron chi connectivity index (χ0n) is 5.92. The van der Waals surface area contributed by atoms with Gasteiger partial charge in [-0.2, -0.15) is 0 Å². The van der Waals surface area contributed by atoms with Crippen LogP contribution in [0.1, 0.15) is 5.56 Å². The van der Waals surface area contributed by atoms with Gasteiger partial charge in [-0.1, -0.05) is 38.6 Å². The minimum Gasteiger partial charge on any atom is -0.772 e. The van der Waals surface area contributed by atoms with Crippen molar-refractivity contribution in [3.8, 4) is 0 Å². The lowest BCUT2D eigenvalue weighted by Gasteiger charge is -2.06. The number of halogens is 2. The van der Waals surface area contributed by atoms with E-state index in [1.165, 1.54) is 0 Å². The first kappa shape index (κ1) is 10.2. The first-order valence-electron chi connectivity index (χ1n) is 3.09. The van der Waals surface area contributed by atoms with Gasteiger partial charge in [0.15, 0.2) is 0 Å². The lowest BCUT2D eigenvalue weighted by molar-refractivity contribution is 0.536. The fourth-order valence-corrected chi connectivity index (χ4v) is 1.95. The Morgan fingerprint density at radius 1 is 1.58 bits per heavy atom. The molecule has 1 aromatic rings. The van der Waals surface area contributed by atoms with Crippen molar-refractivity contribution in [2.24, 2.45) is 0 Å². The molecule has 5 heteroatoms. The maximum absolute atomic E-state index is 10.4. The summed E-state index contributed by atoms with van der Waals surface area (Å²) in [6.07, 6.45) is 0. The molecule has 0 saturated heterocycles. The SMILES string of the molecule is O=S([O-])Cc1cc(Br)ccc1Cl. The second kappa shape index (κ2) is 4.37. The molecule has 2 nitrogen and oxygen atoms in total. The summed E-state index contributed by atoms with van der Waals surface area (Å²) >= 11 is 6.88. The van der Waals surface area contributed by atoms with Crippen molar-refractivity contribution in [1.82, 2.24) is 0 Å². The highest BCUT2D eigenvalue weighted by Gasteiger charge is 2.00. The van der Waals surface area contributed by atoms with Crippen molar-refractivity contribution in [3.63, 3.8) is 0 Å². The summed E-state index contributed by atoms with van der Waals surface area (Å²) in [5.41, 5.74) is 0.611. The Labute approximate surface area is 86.3 Å². The topological polar surface area (TPSA) is 40.1 Å². The third-order valence-electron chi connectivity index (χ3n) is 1.28. The highest BCUT2D eigenvalue weighted by atomic mass is 79.9. The van der Waals surface area contributed by atoms with Crippen molar-refractivity contribution in [3.05, 3.63) is 33.3 Å². The van der Waals surface area contributed by atoms with Crippen molar-refractivity contribution in [2.45, 2.75) is 5.75 Å². The molecule has 0 N–H and O–H groups in total. The molecular weight excluding hydrogens is 263 g/mol. The number of hydrogen-bond acceptors (Lipinski definition) is 2. The van der Waals surface area contributed by atoms with Crippen LogP contribution in [-0.2, 0) is 16.8 Å². The van der Waals surface area contributed by atoms with Gasteiger partial charge in [-0.05, 0) is 23.8 Å². The van der Waals surface area contributed by atoms with Crippen LogP contribution in [0.4, 0.5) is 0 Å². The largest absolute Gasteiger partial charge is 0.772 e. The summed E-state index contributed by atoms with van der Waals surface area (Å²) in [5, 5.41) is 0.474. The Morgan fingerprint density at radius 3 is 2.83 bits per heavy atom. The molecule has 0 bridgehead atoms. The van der Waals surface area contributed by atoms with Crippen LogP contribution in [0.15, 0.2) is 22.7 Å². The molecule has 0 aliphatic carbocycles. The van der Waals surface area contributed by atoms with Crippen molar-refractivity contribution in [2.75, 3.05) is 0 Å². The Morgan fingerprint density at radius 2 is 2.25 bits per heavy atom. The van der Waals surface area contributed by atoms with E-state index in [-0.39, 0.29) is 5.75 Å². The average molecular weight is 269 g/mol. The summed E-state index contributed by atoms with van der Waals surface area (Å²) in [6, 6.07) is 5.12. The third kappa shape index (κ3) is 2.86. The number of hydrogen-bond donors (Lipinski definition) is 0. The van der Waals surface area contributed by atoms with E-state index < -0.39 is 11.1 Å². The second-order valence-corrected chi connectivity index (χ2v) is 4.40. The predicted octanol–water partition coefficient (Wildman–Crippen LogP) is 2.48. The monoisotopic (exact) mass is 267 g/mol. The molecule has 0 amide bonds. The average Bonchev–Trinajstić information content (AvgIpc) is 1.96. The van der Waals surface area contributed by atoms with Gasteiger partial charge in [0, 0.05) is 15.2 Å². The summed E-state index contributed by atoms with van der Waals surface area (Å²) in [5.74, 6) is -0.0434. The lowest BCUT2D eigenvalue weighted by Crippen LogP contribution is -1.93. The van der Waals surface area contributed by atoms with Crippen LogP contribution in [-0.4, -0.2) is 8.76 Å². The van der Waals surface area contributed by atoms with E-state index in [0.29, 0.717) is 10.6 Å². The number of benzene rings is 1. The van der Waals surface area contributed by atoms with E-state index in [0.717, 1.165) is 4.47 Å². The molecule has 0 aliphatic rings. The van der Waals surface area contributed by atoms with Crippen molar-refractivity contribution >= 4 is 38.6 Å². The van der Waals surface area contributed by atoms with Crippen LogP contribution in [0.3, 0.4) is 0 Å². The molecule has 1 atom stereocenters. The Balaban J connectivity index is 2.97. The van der Waals surface area contributed by atoms with Gasteiger partial charge in [-0.25, -0.2) is 0 Å². The molecule has 0 radical (unpaired) electrons. The lowest BCUT2D eigenvalue weighted by atomic mass is 10.2. The van der Waals surface area contributed by atoms with Crippen LogP contribution in [0.5, 0.6) is 0 Å². The van der Waals surface area contributed by atoms with E-state index >= 15 is 0 Å². The van der Waals surface area contributed by atoms with Gasteiger partial charge in [0.25, 0.3) is 0 Å². The minimum atomic E-state index is -2.09. The molecule has 0 fully saturated rings. The fourth-order valence-electron chi connectivity index (χ4n) is 0.781. The normalized spacial score (nSPS) is 12.9. The Kier molecular flexibility index (Phi) is 3.71. The zero-order valence-corrected chi connectivity index (χ0v) is 9.08. The zero-order chi connectivity index (χ0) is 9.14. The van der Waals surface area contributed by atoms with E-state index in [1.807, 2.05) is 0 Å². The molecule has 0 saturated carbocycles. The molecule has 0 heterocycles. The highest BCUT2D eigenvalue weighted by molar-refractivity contribution is 9.10. The van der Waals surface area contributed by atoms with Crippen LogP contribution in [0.2, 0.25) is 5.02 Å². The third-order valence-corrected chi connectivity index (χ3v) is 2.69. The molecule has 1 unspecified atom stereocenters. The van der Waals surface area contributed by atoms with Gasteiger partial charge in [-0.3, -0.25) is 4.21 Å². The summed E-state index contributed by atoms with van der Waals surface area (Å²) < 4.78 is 21.5. The maximum Gasteiger partial charge on any atom is 0.0447 e. The van der Waals surface area contributed by atoms with E-state index in [4.69, 9.17) is 11.6 Å². The minimum absolute atomic E-state index is 0.0434. The van der Waals surface area contributed by atoms with Gasteiger partial charge in [0.2, 0.25) is 0 Å². The number of rotatable bonds is 2. The fraction of sp³-hybridized carbons (Fsp3) is 0.143. The molecule has 1 rings (SSSR count). The van der Waals surface area contributed by atoms with Crippen LogP contribution >= 0.6 is 27.5 Å². The Bertz CT molecular complexity index is 316. The molecular formula is C7H5BrClO2S-. The van der Waals surface area contributed by atoms with E-state index in [2.05, 4.69) is 15.9 Å². The van der Waals surface area contributed by atoms with Gasteiger partial charge >= 0.3 is 0 Å².